The van der Waals surface area contributed by atoms with E-state index in [0.717, 1.165) is 0 Å². The molecule has 17 heavy (non-hydrogen) atoms. The molecule has 1 atom stereocenters. The number of aromatic carboxylic acids is 1. The molecule has 0 bridgehead atoms. The standard InChI is InChI=1S/C9H9N3O4S/c1-12-7(10-5-11-12)4-17(15)8-3-2-6(16-8)9(13)14/h2-3,5H,4H2,1H3,(H,13,14). The zero-order valence-corrected chi connectivity index (χ0v) is 9.68. The Morgan fingerprint density at radius 2 is 2.35 bits per heavy atom. The van der Waals surface area contributed by atoms with E-state index < -0.39 is 16.8 Å². The summed E-state index contributed by atoms with van der Waals surface area (Å²) in [7, 11) is 0.213. The van der Waals surface area contributed by atoms with Crippen molar-refractivity contribution in [2.75, 3.05) is 0 Å². The number of aryl methyl sites for hydroxylation is 1. The molecule has 8 heteroatoms. The Kier molecular flexibility index (Phi) is 3.05. The molecule has 0 aliphatic rings. The summed E-state index contributed by atoms with van der Waals surface area (Å²) in [6.45, 7) is 0. The predicted octanol–water partition coefficient (Wildman–Crippen LogP) is 0.414. The second-order valence-corrected chi connectivity index (χ2v) is 4.60. The largest absolute Gasteiger partial charge is 0.475 e. The van der Waals surface area contributed by atoms with E-state index in [1.54, 1.807) is 7.05 Å². The first-order valence-electron chi connectivity index (χ1n) is 4.62. The summed E-state index contributed by atoms with van der Waals surface area (Å²) >= 11 is 0. The zero-order valence-electron chi connectivity index (χ0n) is 8.86. The van der Waals surface area contributed by atoms with Crippen LogP contribution in [0.2, 0.25) is 0 Å². The lowest BCUT2D eigenvalue weighted by Crippen LogP contribution is -2.04. The van der Waals surface area contributed by atoms with Crippen molar-refractivity contribution in [1.29, 1.82) is 0 Å². The van der Waals surface area contributed by atoms with Gasteiger partial charge in [-0.3, -0.25) is 8.89 Å². The Labute approximate surface area is 98.5 Å². The molecule has 0 aliphatic carbocycles. The number of carbonyl (C=O) groups is 1. The van der Waals surface area contributed by atoms with Crippen molar-refractivity contribution in [2.45, 2.75) is 10.8 Å². The molecular formula is C9H9N3O4S. The van der Waals surface area contributed by atoms with Gasteiger partial charge in [0.2, 0.25) is 5.76 Å². The van der Waals surface area contributed by atoms with E-state index in [1.807, 2.05) is 0 Å². The summed E-state index contributed by atoms with van der Waals surface area (Å²) in [4.78, 5) is 14.5. The molecule has 90 valence electrons. The van der Waals surface area contributed by atoms with E-state index >= 15 is 0 Å². The minimum Gasteiger partial charge on any atom is -0.475 e. The number of nitrogens with zero attached hydrogens (tertiary/aromatic N) is 3. The van der Waals surface area contributed by atoms with Crippen LogP contribution in [0.4, 0.5) is 0 Å². The first-order valence-corrected chi connectivity index (χ1v) is 5.94. The van der Waals surface area contributed by atoms with Gasteiger partial charge in [-0.2, -0.15) is 5.10 Å². The van der Waals surface area contributed by atoms with Gasteiger partial charge < -0.3 is 9.52 Å². The number of hydrogen-bond donors (Lipinski definition) is 1. The highest BCUT2D eigenvalue weighted by Gasteiger charge is 2.15. The molecule has 0 saturated carbocycles. The van der Waals surface area contributed by atoms with Crippen LogP contribution in [0.5, 0.6) is 0 Å². The molecule has 0 fully saturated rings. The van der Waals surface area contributed by atoms with Crippen molar-refractivity contribution in [3.05, 3.63) is 30.0 Å². The fourth-order valence-corrected chi connectivity index (χ4v) is 2.24. The van der Waals surface area contributed by atoms with Crippen molar-refractivity contribution in [1.82, 2.24) is 14.8 Å². The summed E-state index contributed by atoms with van der Waals surface area (Å²) in [5.41, 5.74) is 0. The van der Waals surface area contributed by atoms with Gasteiger partial charge in [0.25, 0.3) is 0 Å². The number of carboxylic acid groups (broad SMARTS) is 1. The Bertz CT molecular complexity index is 574. The summed E-state index contributed by atoms with van der Waals surface area (Å²) in [5, 5.41) is 12.6. The van der Waals surface area contributed by atoms with Crippen LogP contribution in [0.3, 0.4) is 0 Å². The van der Waals surface area contributed by atoms with Gasteiger partial charge in [0.1, 0.15) is 12.2 Å². The van der Waals surface area contributed by atoms with Gasteiger partial charge in [-0.1, -0.05) is 0 Å². The van der Waals surface area contributed by atoms with Gasteiger partial charge in [0.15, 0.2) is 5.09 Å². The third-order valence-electron chi connectivity index (χ3n) is 2.08. The molecular weight excluding hydrogens is 246 g/mol. The van der Waals surface area contributed by atoms with Crippen molar-refractivity contribution in [3.8, 4) is 0 Å². The van der Waals surface area contributed by atoms with E-state index in [-0.39, 0.29) is 16.6 Å². The lowest BCUT2D eigenvalue weighted by atomic mass is 10.5. The average Bonchev–Trinajstić information content (AvgIpc) is 2.88. The summed E-state index contributed by atoms with van der Waals surface area (Å²) < 4.78 is 18.3. The van der Waals surface area contributed by atoms with E-state index in [2.05, 4.69) is 10.1 Å². The summed E-state index contributed by atoms with van der Waals surface area (Å²) in [5.74, 6) is -0.752. The monoisotopic (exact) mass is 255 g/mol. The second kappa shape index (κ2) is 4.50. The number of furan rings is 1. The van der Waals surface area contributed by atoms with Crippen LogP contribution >= 0.6 is 0 Å². The molecule has 2 rings (SSSR count). The van der Waals surface area contributed by atoms with Crippen LogP contribution in [-0.2, 0) is 23.6 Å². The summed E-state index contributed by atoms with van der Waals surface area (Å²) in [6, 6.07) is 2.65. The van der Waals surface area contributed by atoms with E-state index in [0.29, 0.717) is 5.82 Å². The normalized spacial score (nSPS) is 12.5. The maximum Gasteiger partial charge on any atom is 0.371 e. The SMILES string of the molecule is Cn1ncnc1CS(=O)c1ccc(C(=O)O)o1. The zero-order chi connectivity index (χ0) is 12.4. The van der Waals surface area contributed by atoms with Crippen molar-refractivity contribution in [3.63, 3.8) is 0 Å². The molecule has 1 unspecified atom stereocenters. The topological polar surface area (TPSA) is 98.2 Å². The van der Waals surface area contributed by atoms with E-state index in [9.17, 15) is 9.00 Å². The first-order chi connectivity index (χ1) is 8.08. The highest BCUT2D eigenvalue weighted by molar-refractivity contribution is 7.84. The Morgan fingerprint density at radius 1 is 1.59 bits per heavy atom. The van der Waals surface area contributed by atoms with Gasteiger partial charge in [-0.25, -0.2) is 9.78 Å². The first kappa shape index (κ1) is 11.5. The van der Waals surface area contributed by atoms with Gasteiger partial charge in [0, 0.05) is 7.05 Å². The lowest BCUT2D eigenvalue weighted by Gasteiger charge is -1.98. The van der Waals surface area contributed by atoms with Crippen LogP contribution < -0.4 is 0 Å². The fraction of sp³-hybridized carbons (Fsp3) is 0.222. The lowest BCUT2D eigenvalue weighted by molar-refractivity contribution is 0.0656. The molecule has 0 spiro atoms. The fourth-order valence-electron chi connectivity index (χ4n) is 1.20. The quantitative estimate of drug-likeness (QED) is 0.849. The van der Waals surface area contributed by atoms with Crippen LogP contribution in [0, 0.1) is 0 Å². The molecule has 2 aromatic rings. The molecule has 2 heterocycles. The summed E-state index contributed by atoms with van der Waals surface area (Å²) in [6.07, 6.45) is 1.36. The molecule has 1 N–H and O–H groups in total. The van der Waals surface area contributed by atoms with Crippen LogP contribution in [-0.4, -0.2) is 30.0 Å². The highest BCUT2D eigenvalue weighted by atomic mass is 32.2. The third-order valence-corrected chi connectivity index (χ3v) is 3.27. The Morgan fingerprint density at radius 3 is 2.88 bits per heavy atom. The van der Waals surface area contributed by atoms with Crippen molar-refractivity contribution < 1.29 is 18.5 Å². The third kappa shape index (κ3) is 2.41. The maximum absolute atomic E-state index is 11.8. The van der Waals surface area contributed by atoms with Gasteiger partial charge in [-0.05, 0) is 12.1 Å². The van der Waals surface area contributed by atoms with Crippen LogP contribution in [0.25, 0.3) is 0 Å². The maximum atomic E-state index is 11.8. The van der Waals surface area contributed by atoms with Gasteiger partial charge in [-0.15, -0.1) is 0 Å². The van der Waals surface area contributed by atoms with Crippen LogP contribution in [0.15, 0.2) is 28.0 Å². The molecule has 0 amide bonds. The molecule has 0 aliphatic heterocycles. The van der Waals surface area contributed by atoms with Gasteiger partial charge >= 0.3 is 5.97 Å². The molecule has 7 nitrogen and oxygen atoms in total. The minimum atomic E-state index is -1.47. The average molecular weight is 255 g/mol. The number of rotatable bonds is 4. The second-order valence-electron chi connectivity index (χ2n) is 3.21. The Hall–Kier alpha value is -1.96. The van der Waals surface area contributed by atoms with Crippen LogP contribution in [0.1, 0.15) is 16.4 Å². The van der Waals surface area contributed by atoms with Gasteiger partial charge in [0.05, 0.1) is 16.6 Å². The minimum absolute atomic E-state index is 0.116. The molecule has 2 aromatic heterocycles. The highest BCUT2D eigenvalue weighted by Crippen LogP contribution is 2.14. The number of carboxylic acids is 1. The predicted molar refractivity (Wildman–Crippen MR) is 56.8 cm³/mol. The molecule has 0 radical (unpaired) electrons. The Balaban J connectivity index is 2.15. The van der Waals surface area contributed by atoms with Crippen molar-refractivity contribution >= 4 is 16.8 Å². The van der Waals surface area contributed by atoms with E-state index in [1.165, 1.54) is 23.1 Å². The van der Waals surface area contributed by atoms with Crippen molar-refractivity contribution in [2.24, 2.45) is 7.05 Å². The number of hydrogen-bond acceptors (Lipinski definition) is 5. The molecule has 0 aromatic carbocycles. The van der Waals surface area contributed by atoms with E-state index in [4.69, 9.17) is 9.52 Å². The smallest absolute Gasteiger partial charge is 0.371 e. The number of aromatic nitrogens is 3. The molecule has 0 saturated heterocycles.